The number of hydrogen-bond acceptors (Lipinski definition) is 8. The molecule has 3 atom stereocenters. The highest BCUT2D eigenvalue weighted by atomic mass is 16.6. The summed E-state index contributed by atoms with van der Waals surface area (Å²) in [5, 5.41) is 28.5. The van der Waals surface area contributed by atoms with Gasteiger partial charge in [-0.2, -0.15) is 0 Å². The van der Waals surface area contributed by atoms with E-state index in [1.807, 2.05) is 0 Å². The fraction of sp³-hybridized carbons (Fsp3) is 0.692. The summed E-state index contributed by atoms with van der Waals surface area (Å²) in [6, 6.07) is -1.87. The molecule has 3 amide bonds. The van der Waals surface area contributed by atoms with Crippen LogP contribution in [0.1, 0.15) is 19.3 Å². The van der Waals surface area contributed by atoms with Crippen molar-refractivity contribution in [3.8, 4) is 0 Å². The maximum Gasteiger partial charge on any atom is 0.234 e. The highest BCUT2D eigenvalue weighted by Crippen LogP contribution is 1.97. The minimum absolute atomic E-state index is 0.136. The summed E-state index contributed by atoms with van der Waals surface area (Å²) in [5.41, 5.74) is 8.36. The van der Waals surface area contributed by atoms with Crippen LogP contribution in [0.25, 0.3) is 0 Å². The third kappa shape index (κ3) is 10.2. The molecule has 3 unspecified atom stereocenters. The summed E-state index contributed by atoms with van der Waals surface area (Å²) in [6.07, 6.45) is -1.80. The van der Waals surface area contributed by atoms with Crippen molar-refractivity contribution >= 4 is 23.7 Å². The lowest BCUT2D eigenvalue weighted by molar-refractivity contribution is -0.438. The number of nitrogens with one attached hydrogen (secondary N) is 3. The number of rotatable bonds is 13. The molecule has 0 saturated heterocycles. The standard InChI is InChI=1S/C13H24N5O7/c1-16-8(12(15)22)2-3-17-9(20)5-11(25-6-19)18-10(21)4-7(14)13(23)24/h7-8,11,16H,2-6,14H2,1H3,(H2,15,22)(H,17,20)(H,18,21)(H,23,24)/q-1. The van der Waals surface area contributed by atoms with Crippen LogP contribution in [0.15, 0.2) is 0 Å². The second-order valence-electron chi connectivity index (χ2n) is 5.15. The van der Waals surface area contributed by atoms with Crippen LogP contribution >= 0.6 is 0 Å². The third-order valence-electron chi connectivity index (χ3n) is 3.17. The predicted molar refractivity (Wildman–Crippen MR) is 78.5 cm³/mol. The zero-order chi connectivity index (χ0) is 19.4. The van der Waals surface area contributed by atoms with Crippen LogP contribution in [0.5, 0.6) is 0 Å². The number of aliphatic carboxylic acids is 1. The van der Waals surface area contributed by atoms with Crippen molar-refractivity contribution in [1.29, 1.82) is 0 Å². The van der Waals surface area contributed by atoms with Gasteiger partial charge in [0.2, 0.25) is 17.7 Å². The quantitative estimate of drug-likeness (QED) is 0.198. The molecular weight excluding hydrogens is 338 g/mol. The largest absolute Gasteiger partial charge is 0.834 e. The Morgan fingerprint density at radius 3 is 2.32 bits per heavy atom. The van der Waals surface area contributed by atoms with E-state index in [2.05, 4.69) is 21.7 Å². The second kappa shape index (κ2) is 12.1. The molecule has 0 aromatic rings. The van der Waals surface area contributed by atoms with Gasteiger partial charge in [0.05, 0.1) is 24.9 Å². The number of hydrogen-bond donors (Lipinski definition) is 5. The molecule has 0 spiro atoms. The van der Waals surface area contributed by atoms with Crippen LogP contribution in [0.3, 0.4) is 0 Å². The average molecular weight is 362 g/mol. The molecule has 0 radical (unpaired) electrons. The maximum absolute atomic E-state index is 11.8. The fourth-order valence-electron chi connectivity index (χ4n) is 1.80. The number of amides is 3. The number of primary amides is 1. The van der Waals surface area contributed by atoms with Gasteiger partial charge in [0.25, 0.3) is 0 Å². The van der Waals surface area contributed by atoms with Crippen LogP contribution in [0.4, 0.5) is 0 Å². The van der Waals surface area contributed by atoms with Crippen molar-refractivity contribution in [1.82, 2.24) is 16.0 Å². The lowest BCUT2D eigenvalue weighted by atomic mass is 10.2. The highest BCUT2D eigenvalue weighted by molar-refractivity contribution is 5.83. The Morgan fingerprint density at radius 2 is 1.84 bits per heavy atom. The number of carboxylic acids is 1. The molecule has 12 heteroatoms. The van der Waals surface area contributed by atoms with E-state index >= 15 is 0 Å². The van der Waals surface area contributed by atoms with E-state index in [9.17, 15) is 29.4 Å². The molecule has 0 heterocycles. The molecule has 0 fully saturated rings. The van der Waals surface area contributed by atoms with Gasteiger partial charge in [0, 0.05) is 6.54 Å². The van der Waals surface area contributed by atoms with Gasteiger partial charge in [-0.05, 0) is 20.3 Å². The molecule has 0 aliphatic heterocycles. The maximum atomic E-state index is 11.8. The van der Waals surface area contributed by atoms with Gasteiger partial charge in [-0.25, -0.2) is 0 Å². The van der Waals surface area contributed by atoms with Gasteiger partial charge in [0.15, 0.2) is 0 Å². The van der Waals surface area contributed by atoms with E-state index < -0.39 is 55.2 Å². The monoisotopic (exact) mass is 362 g/mol. The third-order valence-corrected chi connectivity index (χ3v) is 3.17. The Bertz CT molecular complexity index is 474. The second-order valence-corrected chi connectivity index (χ2v) is 5.15. The van der Waals surface area contributed by atoms with Gasteiger partial charge < -0.3 is 47.2 Å². The summed E-state index contributed by atoms with van der Waals surface area (Å²) in [4.78, 5) is 45.0. The van der Waals surface area contributed by atoms with Gasteiger partial charge in [0.1, 0.15) is 12.3 Å². The van der Waals surface area contributed by atoms with Crippen molar-refractivity contribution in [3.63, 3.8) is 0 Å². The van der Waals surface area contributed by atoms with E-state index in [-0.39, 0.29) is 19.4 Å². The summed E-state index contributed by atoms with van der Waals surface area (Å²) in [6.45, 7) is -0.868. The minimum Gasteiger partial charge on any atom is -0.834 e. The lowest BCUT2D eigenvalue weighted by Crippen LogP contribution is -2.69. The Morgan fingerprint density at radius 1 is 1.20 bits per heavy atom. The fourth-order valence-corrected chi connectivity index (χ4v) is 1.80. The Balaban J connectivity index is 4.36. The number of ether oxygens (including phenoxy) is 1. The summed E-state index contributed by atoms with van der Waals surface area (Å²) in [7, 11) is 1.55. The number of carbonyl (C=O) groups excluding carboxylic acids is 4. The van der Waals surface area contributed by atoms with Gasteiger partial charge >= 0.3 is 0 Å². The minimum atomic E-state index is -1.50. The number of quaternary nitrogens is 1. The van der Waals surface area contributed by atoms with Crippen LogP contribution in [-0.2, 0) is 23.9 Å². The molecule has 8 N–H and O–H groups in total. The Kier molecular flexibility index (Phi) is 11.0. The zero-order valence-corrected chi connectivity index (χ0v) is 13.9. The number of likely N-dealkylation sites (N-methyl/N-ethyl adjacent to an activating group) is 1. The van der Waals surface area contributed by atoms with Gasteiger partial charge in [-0.3, -0.25) is 14.4 Å². The smallest absolute Gasteiger partial charge is 0.234 e. The van der Waals surface area contributed by atoms with Gasteiger partial charge in [-0.15, -0.1) is 0 Å². The van der Waals surface area contributed by atoms with Crippen LogP contribution < -0.4 is 37.6 Å². The molecule has 0 aliphatic carbocycles. The van der Waals surface area contributed by atoms with Crippen molar-refractivity contribution in [3.05, 3.63) is 0 Å². The molecule has 0 bridgehead atoms. The molecule has 0 rings (SSSR count). The van der Waals surface area contributed by atoms with E-state index in [0.29, 0.717) is 0 Å². The number of carboxylic acid groups (broad SMARTS) is 1. The van der Waals surface area contributed by atoms with Crippen molar-refractivity contribution < 1.29 is 39.9 Å². The predicted octanol–water partition coefficient (Wildman–Crippen LogP) is -6.52. The molecular formula is C13H24N5O7-. The number of carbonyl (C=O) groups is 4. The van der Waals surface area contributed by atoms with Crippen molar-refractivity contribution in [2.75, 3.05) is 20.4 Å². The normalized spacial score (nSPS) is 14.2. The summed E-state index contributed by atoms with van der Waals surface area (Å²) in [5.74, 6) is -3.35. The Labute approximate surface area is 144 Å². The molecule has 0 aromatic heterocycles. The van der Waals surface area contributed by atoms with Crippen LogP contribution in [0.2, 0.25) is 0 Å². The van der Waals surface area contributed by atoms with E-state index in [0.717, 1.165) is 0 Å². The number of nitrogens with two attached hydrogens (primary N) is 1. The molecule has 25 heavy (non-hydrogen) atoms. The molecule has 144 valence electrons. The molecule has 0 saturated carbocycles. The topological polar surface area (TPSA) is 213 Å². The van der Waals surface area contributed by atoms with E-state index in [1.54, 1.807) is 7.05 Å². The first-order valence-electron chi connectivity index (χ1n) is 7.47. The van der Waals surface area contributed by atoms with Crippen LogP contribution in [0, 0.1) is 0 Å². The van der Waals surface area contributed by atoms with Gasteiger partial charge in [-0.1, -0.05) is 0 Å². The lowest BCUT2D eigenvalue weighted by Gasteiger charge is -2.21. The van der Waals surface area contributed by atoms with Crippen molar-refractivity contribution in [2.24, 2.45) is 5.73 Å². The van der Waals surface area contributed by atoms with Crippen molar-refractivity contribution in [2.45, 2.75) is 37.6 Å². The van der Waals surface area contributed by atoms with E-state index in [4.69, 9.17) is 10.5 Å². The SMILES string of the molecule is CNC(CCNC(=O)CC(NC(=O)CC([NH3+])C(=O)[O-])OC[O-])C(N)=O. The zero-order valence-electron chi connectivity index (χ0n) is 13.9. The molecule has 0 aromatic carbocycles. The average Bonchev–Trinajstić information content (AvgIpc) is 2.51. The summed E-state index contributed by atoms with van der Waals surface area (Å²) >= 11 is 0. The highest BCUT2D eigenvalue weighted by Gasteiger charge is 2.20. The van der Waals surface area contributed by atoms with Crippen LogP contribution in [-0.4, -0.2) is 62.4 Å². The Hall–Kier alpha value is -2.28. The first-order chi connectivity index (χ1) is 11.7. The first-order valence-corrected chi connectivity index (χ1v) is 7.47. The molecule has 0 aliphatic rings. The summed E-state index contributed by atoms with van der Waals surface area (Å²) < 4.78 is 4.69. The van der Waals surface area contributed by atoms with E-state index in [1.165, 1.54) is 0 Å². The molecule has 12 nitrogen and oxygen atoms in total. The first kappa shape index (κ1) is 22.7.